The van der Waals surface area contributed by atoms with Gasteiger partial charge in [0.2, 0.25) is 6.61 Å². The number of β-lactam (4-membered cyclic amide) rings is 1. The number of nitrogens with one attached hydrogen (secondary N) is 1. The highest BCUT2D eigenvalue weighted by atomic mass is 32.2. The molecule has 4 N–H and O–H groups in total. The number of benzene rings is 1. The van der Waals surface area contributed by atoms with Crippen molar-refractivity contribution < 1.29 is 46.5 Å². The number of carboxylic acid groups (broad SMARTS) is 1. The Morgan fingerprint density at radius 1 is 1.24 bits per heavy atom. The van der Waals surface area contributed by atoms with Gasteiger partial charge in [-0.3, -0.25) is 14.5 Å². The van der Waals surface area contributed by atoms with E-state index < -0.39 is 57.5 Å². The van der Waals surface area contributed by atoms with Crippen LogP contribution >= 0.6 is 23.1 Å². The van der Waals surface area contributed by atoms with Crippen molar-refractivity contribution in [2.24, 2.45) is 5.16 Å². The Morgan fingerprint density at radius 2 is 1.93 bits per heavy atom. The van der Waals surface area contributed by atoms with E-state index in [4.69, 9.17) is 19.5 Å². The molecule has 1 saturated heterocycles. The predicted molar refractivity (Wildman–Crippen MR) is 163 cm³/mol. The standard InChI is InChI=1S/C27H29N5O10S3/c1-14-5-7-16(8-6-14)45(38,39)41-10-9-15-12-43-24-20(23(35)32(24)21(15)25(36)37)30-22(34)19(17-13-44-26(28)29-17)31-40-11-18(33)42-27(2,3)4/h5-10,13,20,24H,11-12H2,1-4H3,(H2,28,29)(H,30,34)(H,36,37)/b10-9+,31-19-/t20?,24-/m1/s1. The van der Waals surface area contributed by atoms with Gasteiger partial charge in [0.05, 0.1) is 0 Å². The number of anilines is 1. The summed E-state index contributed by atoms with van der Waals surface area (Å²) >= 11 is 2.16. The van der Waals surface area contributed by atoms with Crippen LogP contribution in [0, 0.1) is 6.92 Å². The minimum Gasteiger partial charge on any atom is -0.477 e. The molecule has 1 fully saturated rings. The summed E-state index contributed by atoms with van der Waals surface area (Å²) in [4.78, 5) is 60.5. The van der Waals surface area contributed by atoms with E-state index in [2.05, 4.69) is 15.5 Å². The van der Waals surface area contributed by atoms with Gasteiger partial charge in [-0.1, -0.05) is 22.9 Å². The summed E-state index contributed by atoms with van der Waals surface area (Å²) in [7, 11) is -4.16. The molecule has 0 radical (unpaired) electrons. The lowest BCUT2D eigenvalue weighted by atomic mass is 10.0. The second kappa shape index (κ2) is 13.3. The van der Waals surface area contributed by atoms with E-state index in [1.54, 1.807) is 39.8 Å². The van der Waals surface area contributed by atoms with Crippen LogP contribution in [-0.4, -0.2) is 82.2 Å². The van der Waals surface area contributed by atoms with Gasteiger partial charge in [0, 0.05) is 11.1 Å². The van der Waals surface area contributed by atoms with Crippen molar-refractivity contribution in [1.29, 1.82) is 0 Å². The van der Waals surface area contributed by atoms with Crippen molar-refractivity contribution >= 4 is 67.8 Å². The molecule has 3 heterocycles. The highest BCUT2D eigenvalue weighted by molar-refractivity contribution is 8.00. The average Bonchev–Trinajstić information content (AvgIpc) is 3.38. The van der Waals surface area contributed by atoms with Gasteiger partial charge in [-0.05, 0) is 51.5 Å². The molecular weight excluding hydrogens is 651 g/mol. The summed E-state index contributed by atoms with van der Waals surface area (Å²) in [5.74, 6) is -3.73. The van der Waals surface area contributed by atoms with E-state index in [0.717, 1.165) is 45.9 Å². The summed E-state index contributed by atoms with van der Waals surface area (Å²) in [6.07, 6.45) is 2.01. The summed E-state index contributed by atoms with van der Waals surface area (Å²) in [5.41, 5.74) is 5.17. The lowest BCUT2D eigenvalue weighted by Crippen LogP contribution is -2.71. The van der Waals surface area contributed by atoms with Gasteiger partial charge < -0.3 is 29.9 Å². The summed E-state index contributed by atoms with van der Waals surface area (Å²) in [5, 5.41) is 16.9. The number of rotatable bonds is 11. The number of ether oxygens (including phenoxy) is 1. The zero-order chi connectivity index (χ0) is 33.1. The zero-order valence-corrected chi connectivity index (χ0v) is 26.8. The van der Waals surface area contributed by atoms with Gasteiger partial charge in [0.25, 0.3) is 11.8 Å². The number of carbonyl (C=O) groups excluding carboxylic acids is 3. The number of nitrogens with two attached hydrogens (primary N) is 1. The van der Waals surface area contributed by atoms with Crippen LogP contribution in [-0.2, 0) is 43.1 Å². The number of hydrogen-bond donors (Lipinski definition) is 3. The third kappa shape index (κ3) is 8.00. The predicted octanol–water partition coefficient (Wildman–Crippen LogP) is 1.75. The molecule has 0 saturated carbocycles. The van der Waals surface area contributed by atoms with Crippen LogP contribution in [0.5, 0.6) is 0 Å². The number of aromatic nitrogens is 1. The number of amides is 2. The summed E-state index contributed by atoms with van der Waals surface area (Å²) in [6.45, 7) is 6.19. The highest BCUT2D eigenvalue weighted by Crippen LogP contribution is 2.40. The molecule has 2 aliphatic rings. The molecule has 2 amide bonds. The Hall–Kier alpha value is -4.42. The van der Waals surface area contributed by atoms with Crippen LogP contribution in [0.2, 0.25) is 0 Å². The minimum atomic E-state index is -4.16. The SMILES string of the molecule is Cc1ccc(S(=O)(=O)O/C=C/C2=C(C(=O)O)N3C(=O)C(NC(=O)/C(=N\OCC(=O)OC(C)(C)C)c4csc(N)n4)[C@H]3SC2)cc1. The number of nitrogens with zero attached hydrogens (tertiary/aromatic N) is 3. The maximum absolute atomic E-state index is 13.2. The van der Waals surface area contributed by atoms with E-state index in [9.17, 15) is 32.7 Å². The smallest absolute Gasteiger partial charge is 0.352 e. The molecule has 1 unspecified atom stereocenters. The van der Waals surface area contributed by atoms with E-state index in [0.29, 0.717) is 0 Å². The number of esters is 1. The number of fused-ring (bicyclic) bond motifs is 1. The monoisotopic (exact) mass is 679 g/mol. The van der Waals surface area contributed by atoms with Gasteiger partial charge in [0.1, 0.15) is 39.6 Å². The van der Waals surface area contributed by atoms with Crippen LogP contribution in [0.15, 0.2) is 63.3 Å². The van der Waals surface area contributed by atoms with Crippen molar-refractivity contribution in [2.75, 3.05) is 18.1 Å². The Kier molecular flexibility index (Phi) is 9.89. The number of carboxylic acids is 1. The zero-order valence-electron chi connectivity index (χ0n) is 24.4. The summed E-state index contributed by atoms with van der Waals surface area (Å²) in [6, 6.07) is 4.81. The van der Waals surface area contributed by atoms with E-state index >= 15 is 0 Å². The molecule has 0 bridgehead atoms. The topological polar surface area (TPSA) is 217 Å². The lowest BCUT2D eigenvalue weighted by Gasteiger charge is -2.49. The van der Waals surface area contributed by atoms with Crippen molar-refractivity contribution in [1.82, 2.24) is 15.2 Å². The number of hydrogen-bond acceptors (Lipinski definition) is 14. The van der Waals surface area contributed by atoms with Gasteiger partial charge in [0.15, 0.2) is 10.8 Å². The Labute approximate surface area is 266 Å². The molecule has 0 spiro atoms. The number of carbonyl (C=O) groups is 4. The number of thiazole rings is 1. The number of aliphatic carboxylic acids is 1. The molecule has 2 aromatic rings. The fourth-order valence-corrected chi connectivity index (χ4v) is 6.69. The second-order valence-electron chi connectivity index (χ2n) is 10.6. The molecule has 2 aliphatic heterocycles. The number of allylic oxidation sites excluding steroid dienone is 1. The molecule has 1 aromatic carbocycles. The minimum absolute atomic E-state index is 0.0262. The molecule has 45 heavy (non-hydrogen) atoms. The maximum atomic E-state index is 13.2. The van der Waals surface area contributed by atoms with Crippen molar-refractivity contribution in [3.8, 4) is 0 Å². The van der Waals surface area contributed by atoms with Gasteiger partial charge in [-0.15, -0.1) is 23.1 Å². The van der Waals surface area contributed by atoms with Gasteiger partial charge in [-0.2, -0.15) is 8.42 Å². The number of aryl methyl sites for hydroxylation is 1. The van der Waals surface area contributed by atoms with Crippen molar-refractivity contribution in [3.05, 3.63) is 64.5 Å². The molecule has 2 atom stereocenters. The fraction of sp³-hybridized carbons (Fsp3) is 0.333. The van der Waals surface area contributed by atoms with Crippen LogP contribution < -0.4 is 11.1 Å². The molecule has 18 heteroatoms. The third-order valence-corrected chi connectivity index (χ3v) is 9.18. The largest absolute Gasteiger partial charge is 0.477 e. The second-order valence-corrected chi connectivity index (χ2v) is 14.1. The van der Waals surface area contributed by atoms with E-state index in [1.165, 1.54) is 17.5 Å². The van der Waals surface area contributed by atoms with Crippen molar-refractivity contribution in [3.63, 3.8) is 0 Å². The van der Waals surface area contributed by atoms with E-state index in [1.807, 2.05) is 0 Å². The lowest BCUT2D eigenvalue weighted by molar-refractivity contribution is -0.160. The Morgan fingerprint density at radius 3 is 2.53 bits per heavy atom. The molecule has 240 valence electrons. The third-order valence-electron chi connectivity index (χ3n) is 5.99. The molecule has 1 aromatic heterocycles. The van der Waals surface area contributed by atoms with Crippen LogP contribution in [0.1, 0.15) is 32.0 Å². The first-order chi connectivity index (χ1) is 21.1. The number of thioether (sulfide) groups is 1. The van der Waals surface area contributed by atoms with Crippen LogP contribution in [0.3, 0.4) is 0 Å². The highest BCUT2D eigenvalue weighted by Gasteiger charge is 2.54. The Bertz CT molecular complexity index is 1710. The maximum Gasteiger partial charge on any atom is 0.352 e. The summed E-state index contributed by atoms with van der Waals surface area (Å²) < 4.78 is 35.0. The quantitative estimate of drug-likeness (QED) is 0.0771. The normalized spacial score (nSPS) is 18.7. The Balaban J connectivity index is 1.47. The van der Waals surface area contributed by atoms with Gasteiger partial charge >= 0.3 is 22.1 Å². The molecule has 15 nitrogen and oxygen atoms in total. The van der Waals surface area contributed by atoms with Crippen LogP contribution in [0.4, 0.5) is 5.13 Å². The number of oxime groups is 1. The molecule has 0 aliphatic carbocycles. The van der Waals surface area contributed by atoms with Crippen LogP contribution in [0.25, 0.3) is 0 Å². The van der Waals surface area contributed by atoms with E-state index in [-0.39, 0.29) is 38.5 Å². The first kappa shape index (κ1) is 33.5. The van der Waals surface area contributed by atoms with Crippen molar-refractivity contribution in [2.45, 2.75) is 49.6 Å². The fourth-order valence-electron chi connectivity index (χ4n) is 4.05. The first-order valence-electron chi connectivity index (χ1n) is 13.1. The first-order valence-corrected chi connectivity index (χ1v) is 16.4. The number of nitrogen functional groups attached to an aromatic ring is 1. The molecule has 4 rings (SSSR count). The average molecular weight is 680 g/mol. The molecular formula is C27H29N5O10S3. The van der Waals surface area contributed by atoms with Gasteiger partial charge in [-0.25, -0.2) is 14.6 Å².